The first-order valence-corrected chi connectivity index (χ1v) is 6.23. The van der Waals surface area contributed by atoms with Gasteiger partial charge in [0.15, 0.2) is 0 Å². The Balaban J connectivity index is -0.0000000211. The number of hydrogen-bond acceptors (Lipinski definition) is 11. The number of rotatable bonds is 4. The van der Waals surface area contributed by atoms with E-state index >= 15 is 0 Å². The quantitative estimate of drug-likeness (QED) is 0.259. The van der Waals surface area contributed by atoms with Crippen LogP contribution in [-0.2, 0) is 19.2 Å². The zero-order valence-electron chi connectivity index (χ0n) is 16.7. The summed E-state index contributed by atoms with van der Waals surface area (Å²) in [5, 5.41) is 32.7. The second kappa shape index (κ2) is 56.5. The van der Waals surface area contributed by atoms with E-state index in [1.165, 1.54) is 0 Å². The maximum Gasteiger partial charge on any atom is 0.300 e. The fourth-order valence-corrected chi connectivity index (χ4v) is 0.329. The third-order valence-electron chi connectivity index (χ3n) is 0.642. The highest BCUT2D eigenvalue weighted by Crippen LogP contribution is 1.49. The van der Waals surface area contributed by atoms with Crippen LogP contribution in [0.5, 0.6) is 0 Å². The Labute approximate surface area is 159 Å². The summed E-state index contributed by atoms with van der Waals surface area (Å²) in [5.41, 5.74) is 10.3. The zero-order valence-corrected chi connectivity index (χ0v) is 16.7. The van der Waals surface area contributed by atoms with E-state index in [2.05, 4.69) is 5.32 Å². The Kier molecular flexibility index (Phi) is 118. The molecule has 0 amide bonds. The summed E-state index contributed by atoms with van der Waals surface area (Å²) in [7, 11) is 0. The lowest BCUT2D eigenvalue weighted by Gasteiger charge is -1.95. The van der Waals surface area contributed by atoms with Gasteiger partial charge >= 0.3 is 0 Å². The van der Waals surface area contributed by atoms with Crippen LogP contribution in [0.3, 0.4) is 0 Å². The molecule has 172 valence electrons. The Bertz CT molecular complexity index is 239. The van der Waals surface area contributed by atoms with Crippen LogP contribution in [0.1, 0.15) is 27.7 Å². The van der Waals surface area contributed by atoms with Gasteiger partial charge in [-0.25, -0.2) is 0 Å². The number of hydrogen-bond donors (Lipinski definition) is 11. The molecule has 15 nitrogen and oxygen atoms in total. The first-order valence-electron chi connectivity index (χ1n) is 6.23. The third kappa shape index (κ3) is 4300. The predicted octanol–water partition coefficient (Wildman–Crippen LogP) is -0.495. The van der Waals surface area contributed by atoms with Crippen LogP contribution < -0.4 is 41.4 Å². The molecule has 0 radical (unpaired) electrons. The van der Waals surface area contributed by atoms with Crippen molar-refractivity contribution in [3.63, 3.8) is 0 Å². The van der Waals surface area contributed by atoms with E-state index in [-0.39, 0.29) is 24.6 Å². The van der Waals surface area contributed by atoms with Crippen LogP contribution in [0.4, 0.5) is 0 Å². The number of carboxylic acid groups (broad SMARTS) is 4. The SMILES string of the molecule is CC(=O)O.CC(=O)O.CC(=O)O.CC(=O)O.N.N.N.N.NCCNCCN. The van der Waals surface area contributed by atoms with E-state index < -0.39 is 23.9 Å². The van der Waals surface area contributed by atoms with Gasteiger partial charge in [-0.1, -0.05) is 0 Å². The first-order chi connectivity index (χ1) is 10.3. The number of nitrogens with one attached hydrogen (secondary N) is 1. The molecule has 15 heteroatoms. The minimum Gasteiger partial charge on any atom is -0.481 e. The fraction of sp³-hybridized carbons (Fsp3) is 0.667. The first kappa shape index (κ1) is 56.3. The Hall–Kier alpha value is -2.40. The fourth-order valence-electron chi connectivity index (χ4n) is 0.329. The molecule has 0 aromatic carbocycles. The van der Waals surface area contributed by atoms with Crippen molar-refractivity contribution in [1.82, 2.24) is 29.9 Å². The third-order valence-corrected chi connectivity index (χ3v) is 0.642. The molecular formula is C12H41N7O8. The molecule has 0 aliphatic heterocycles. The van der Waals surface area contributed by atoms with Gasteiger partial charge in [-0.15, -0.1) is 0 Å². The van der Waals surface area contributed by atoms with Crippen molar-refractivity contribution in [3.05, 3.63) is 0 Å². The molecule has 0 aliphatic rings. The molecule has 0 fully saturated rings. The van der Waals surface area contributed by atoms with E-state index in [0.29, 0.717) is 13.1 Å². The van der Waals surface area contributed by atoms with Gasteiger partial charge in [-0.2, -0.15) is 0 Å². The van der Waals surface area contributed by atoms with Crippen molar-refractivity contribution < 1.29 is 39.6 Å². The van der Waals surface area contributed by atoms with Crippen LogP contribution in [0.25, 0.3) is 0 Å². The van der Waals surface area contributed by atoms with Crippen molar-refractivity contribution in [3.8, 4) is 0 Å². The summed E-state index contributed by atoms with van der Waals surface area (Å²) in [6.07, 6.45) is 0. The standard InChI is InChI=1S/C4H13N3.4C2H4O2.4H3N/c5-1-3-7-4-2-6;4*1-2(3)4;;;;/h7H,1-6H2;4*1H3,(H,3,4);4*1H3. The van der Waals surface area contributed by atoms with Crippen molar-refractivity contribution in [2.75, 3.05) is 26.2 Å². The molecule has 0 atom stereocenters. The highest BCUT2D eigenvalue weighted by Gasteiger charge is 1.76. The van der Waals surface area contributed by atoms with Crippen molar-refractivity contribution in [2.45, 2.75) is 27.7 Å². The van der Waals surface area contributed by atoms with E-state index in [1.54, 1.807) is 0 Å². The van der Waals surface area contributed by atoms with Gasteiger partial charge in [0.1, 0.15) is 0 Å². The second-order valence-electron chi connectivity index (χ2n) is 3.40. The summed E-state index contributed by atoms with van der Waals surface area (Å²) < 4.78 is 0. The van der Waals surface area contributed by atoms with Crippen LogP contribution in [0.2, 0.25) is 0 Å². The molecule has 0 spiro atoms. The molecule has 0 unspecified atom stereocenters. The van der Waals surface area contributed by atoms with Gasteiger partial charge in [-0.05, 0) is 0 Å². The van der Waals surface area contributed by atoms with Gasteiger partial charge in [0.05, 0.1) is 0 Å². The summed E-state index contributed by atoms with van der Waals surface area (Å²) in [5.74, 6) is -3.33. The van der Waals surface area contributed by atoms with Gasteiger partial charge < -0.3 is 61.8 Å². The summed E-state index contributed by atoms with van der Waals surface area (Å²) in [6.45, 7) is 7.47. The van der Waals surface area contributed by atoms with Crippen LogP contribution in [-0.4, -0.2) is 70.5 Å². The van der Waals surface area contributed by atoms with E-state index in [0.717, 1.165) is 40.8 Å². The predicted molar refractivity (Wildman–Crippen MR) is 104 cm³/mol. The Morgan fingerprint density at radius 1 is 0.593 bits per heavy atom. The maximum absolute atomic E-state index is 9.00. The molecule has 0 saturated heterocycles. The molecular weight excluding hydrogens is 370 g/mol. The summed E-state index contributed by atoms with van der Waals surface area (Å²) >= 11 is 0. The number of nitrogens with two attached hydrogens (primary N) is 2. The lowest BCUT2D eigenvalue weighted by molar-refractivity contribution is -0.135. The lowest BCUT2D eigenvalue weighted by Crippen LogP contribution is -2.27. The van der Waals surface area contributed by atoms with E-state index in [4.69, 9.17) is 51.1 Å². The number of carboxylic acids is 4. The molecule has 0 rings (SSSR count). The van der Waals surface area contributed by atoms with Gasteiger partial charge in [-0.3, -0.25) is 19.2 Å². The van der Waals surface area contributed by atoms with E-state index in [1.807, 2.05) is 0 Å². The van der Waals surface area contributed by atoms with Crippen LogP contribution in [0, 0.1) is 0 Å². The Morgan fingerprint density at radius 2 is 0.704 bits per heavy atom. The van der Waals surface area contributed by atoms with Crippen LogP contribution in [0.15, 0.2) is 0 Å². The highest BCUT2D eigenvalue weighted by atomic mass is 16.4. The molecule has 0 saturated carbocycles. The molecule has 27 heavy (non-hydrogen) atoms. The molecule has 0 aromatic heterocycles. The van der Waals surface area contributed by atoms with Crippen LogP contribution >= 0.6 is 0 Å². The highest BCUT2D eigenvalue weighted by molar-refractivity contribution is 5.63. The average molecular weight is 412 g/mol. The lowest BCUT2D eigenvalue weighted by atomic mass is 10.6. The topological polar surface area (TPSA) is 353 Å². The smallest absolute Gasteiger partial charge is 0.300 e. The average Bonchev–Trinajstić information content (AvgIpc) is 2.26. The molecule has 0 heterocycles. The summed E-state index contributed by atoms with van der Waals surface area (Å²) in [6, 6.07) is 0. The van der Waals surface area contributed by atoms with Gasteiger partial charge in [0.25, 0.3) is 23.9 Å². The monoisotopic (exact) mass is 411 g/mol. The molecule has 21 N–H and O–H groups in total. The second-order valence-corrected chi connectivity index (χ2v) is 3.40. The molecule has 0 aliphatic carbocycles. The largest absolute Gasteiger partial charge is 0.481 e. The van der Waals surface area contributed by atoms with Crippen molar-refractivity contribution in [2.24, 2.45) is 11.5 Å². The number of carbonyl (C=O) groups is 4. The van der Waals surface area contributed by atoms with Crippen molar-refractivity contribution >= 4 is 23.9 Å². The zero-order chi connectivity index (χ0) is 19.8. The maximum atomic E-state index is 9.00. The number of aliphatic carboxylic acids is 4. The molecule has 0 aromatic rings. The van der Waals surface area contributed by atoms with Gasteiger partial charge in [0, 0.05) is 53.9 Å². The minimum atomic E-state index is -0.833. The van der Waals surface area contributed by atoms with E-state index in [9.17, 15) is 0 Å². The van der Waals surface area contributed by atoms with Crippen molar-refractivity contribution in [1.29, 1.82) is 0 Å². The summed E-state index contributed by atoms with van der Waals surface area (Å²) in [4.78, 5) is 36.0. The Morgan fingerprint density at radius 3 is 0.778 bits per heavy atom. The normalized spacial score (nSPS) is 6.15. The molecule has 0 bridgehead atoms. The minimum absolute atomic E-state index is 0. The van der Waals surface area contributed by atoms with Gasteiger partial charge in [0.2, 0.25) is 0 Å².